The minimum absolute atomic E-state index is 0.227. The fraction of sp³-hybridized carbons (Fsp3) is 0.381. The van der Waals surface area contributed by atoms with Crippen LogP contribution in [0, 0.1) is 13.8 Å². The van der Waals surface area contributed by atoms with Crippen LogP contribution in [0.25, 0.3) is 21.9 Å². The lowest BCUT2D eigenvalue weighted by atomic mass is 10.0. The zero-order valence-electron chi connectivity index (χ0n) is 16.1. The van der Waals surface area contributed by atoms with Crippen LogP contribution in [0.3, 0.4) is 0 Å². The van der Waals surface area contributed by atoms with E-state index in [0.29, 0.717) is 29.6 Å². The molecule has 7 nitrogen and oxygen atoms in total. The van der Waals surface area contributed by atoms with E-state index in [2.05, 4.69) is 5.32 Å². The van der Waals surface area contributed by atoms with Crippen molar-refractivity contribution in [3.63, 3.8) is 0 Å². The van der Waals surface area contributed by atoms with Crippen molar-refractivity contribution in [2.45, 2.75) is 52.5 Å². The zero-order valence-corrected chi connectivity index (χ0v) is 16.1. The number of carbonyl (C=O) groups is 2. The second-order valence-corrected chi connectivity index (χ2v) is 7.03. The summed E-state index contributed by atoms with van der Waals surface area (Å²) in [5.41, 5.74) is 2.23. The molecule has 2 N–H and O–H groups in total. The molecule has 1 atom stereocenters. The maximum Gasteiger partial charge on any atom is 0.340 e. The molecule has 1 aromatic carbocycles. The minimum Gasteiger partial charge on any atom is -0.480 e. The largest absolute Gasteiger partial charge is 0.480 e. The van der Waals surface area contributed by atoms with Gasteiger partial charge in [0.05, 0.1) is 18.2 Å². The van der Waals surface area contributed by atoms with Gasteiger partial charge in [-0.3, -0.25) is 4.79 Å². The van der Waals surface area contributed by atoms with Gasteiger partial charge in [0.1, 0.15) is 17.2 Å². The van der Waals surface area contributed by atoms with Gasteiger partial charge in [0.2, 0.25) is 5.91 Å². The van der Waals surface area contributed by atoms with Gasteiger partial charge in [-0.1, -0.05) is 19.8 Å². The molecule has 0 aliphatic heterocycles. The molecule has 0 fully saturated rings. The molecule has 0 radical (unpaired) electrons. The highest BCUT2D eigenvalue weighted by atomic mass is 16.4. The highest BCUT2D eigenvalue weighted by Crippen LogP contribution is 2.28. The molecule has 28 heavy (non-hydrogen) atoms. The van der Waals surface area contributed by atoms with E-state index in [0.717, 1.165) is 22.8 Å². The van der Waals surface area contributed by atoms with Crippen molar-refractivity contribution in [2.24, 2.45) is 0 Å². The predicted molar refractivity (Wildman–Crippen MR) is 105 cm³/mol. The molecule has 0 aliphatic carbocycles. The second kappa shape index (κ2) is 7.88. The fourth-order valence-electron chi connectivity index (χ4n) is 3.31. The highest BCUT2D eigenvalue weighted by molar-refractivity contribution is 5.96. The third-order valence-electron chi connectivity index (χ3n) is 4.99. The first-order valence-corrected chi connectivity index (χ1v) is 9.28. The average Bonchev–Trinajstić information content (AvgIpc) is 3.00. The number of nitrogens with one attached hydrogen (secondary N) is 1. The number of benzene rings is 1. The van der Waals surface area contributed by atoms with E-state index in [1.807, 2.05) is 19.9 Å². The number of hydrogen-bond donors (Lipinski definition) is 2. The van der Waals surface area contributed by atoms with Gasteiger partial charge in [-0.25, -0.2) is 9.59 Å². The number of fused-ring (bicyclic) bond motifs is 2. The topological polar surface area (TPSA) is 110 Å². The van der Waals surface area contributed by atoms with Crippen molar-refractivity contribution in [3.8, 4) is 0 Å². The summed E-state index contributed by atoms with van der Waals surface area (Å²) in [5.74, 6) is -1.60. The highest BCUT2D eigenvalue weighted by Gasteiger charge is 2.22. The summed E-state index contributed by atoms with van der Waals surface area (Å²) in [6, 6.07) is 2.58. The smallest absolute Gasteiger partial charge is 0.340 e. The van der Waals surface area contributed by atoms with Gasteiger partial charge >= 0.3 is 11.6 Å². The number of furan rings is 1. The molecule has 148 valence electrons. The SMILES string of the molecule is CCCCC(NC(=O)Cc1c(C)c2cc3c(C)coc3cc2oc1=O)C(=O)O. The molecule has 0 saturated carbocycles. The van der Waals surface area contributed by atoms with E-state index < -0.39 is 23.5 Å². The molecule has 3 aromatic rings. The summed E-state index contributed by atoms with van der Waals surface area (Å²) in [5, 5.41) is 13.4. The molecule has 2 heterocycles. The first-order valence-electron chi connectivity index (χ1n) is 9.28. The number of rotatable bonds is 7. The van der Waals surface area contributed by atoms with Crippen molar-refractivity contribution in [3.05, 3.63) is 45.5 Å². The lowest BCUT2D eigenvalue weighted by Crippen LogP contribution is -2.42. The Hall–Kier alpha value is -3.09. The van der Waals surface area contributed by atoms with Crippen LogP contribution in [0.15, 0.2) is 32.0 Å². The summed E-state index contributed by atoms with van der Waals surface area (Å²) in [7, 11) is 0. The first kappa shape index (κ1) is 19.7. The molecule has 0 aliphatic rings. The quantitative estimate of drug-likeness (QED) is 0.603. The third kappa shape index (κ3) is 3.78. The standard InChI is InChI=1S/C21H23NO6/c1-4-5-6-16(20(24)25)22-19(23)8-15-12(3)14-7-13-11(2)10-27-17(13)9-18(14)28-21(15)26/h7,9-10,16H,4-6,8H2,1-3H3,(H,22,23)(H,24,25). The van der Waals surface area contributed by atoms with Gasteiger partial charge < -0.3 is 19.3 Å². The summed E-state index contributed by atoms with van der Waals surface area (Å²) in [4.78, 5) is 36.1. The molecule has 0 saturated heterocycles. The van der Waals surface area contributed by atoms with Crippen molar-refractivity contribution in [1.29, 1.82) is 0 Å². The van der Waals surface area contributed by atoms with E-state index in [1.165, 1.54) is 0 Å². The summed E-state index contributed by atoms with van der Waals surface area (Å²) in [6.45, 7) is 5.63. The summed E-state index contributed by atoms with van der Waals surface area (Å²) < 4.78 is 10.8. The van der Waals surface area contributed by atoms with Crippen molar-refractivity contribution < 1.29 is 23.5 Å². The summed E-state index contributed by atoms with van der Waals surface area (Å²) >= 11 is 0. The Balaban J connectivity index is 1.92. The number of unbranched alkanes of at least 4 members (excludes halogenated alkanes) is 1. The number of hydrogen-bond acceptors (Lipinski definition) is 5. The van der Waals surface area contributed by atoms with E-state index in [9.17, 15) is 19.5 Å². The number of carboxylic acids is 1. The number of carbonyl (C=O) groups excluding carboxylic acids is 1. The van der Waals surface area contributed by atoms with Gasteiger partial charge in [-0.05, 0) is 37.5 Å². The van der Waals surface area contributed by atoms with Crippen LogP contribution in [0.1, 0.15) is 42.9 Å². The van der Waals surface area contributed by atoms with Crippen LogP contribution in [0.2, 0.25) is 0 Å². The van der Waals surface area contributed by atoms with E-state index in [4.69, 9.17) is 8.83 Å². The summed E-state index contributed by atoms with van der Waals surface area (Å²) in [6.07, 6.45) is 3.26. The predicted octanol–water partition coefficient (Wildman–Crippen LogP) is 3.46. The van der Waals surface area contributed by atoms with Crippen LogP contribution < -0.4 is 10.9 Å². The third-order valence-corrected chi connectivity index (χ3v) is 4.99. The Bertz CT molecular complexity index is 1110. The van der Waals surface area contributed by atoms with Crippen LogP contribution in [-0.2, 0) is 16.0 Å². The van der Waals surface area contributed by atoms with Crippen molar-refractivity contribution >= 4 is 33.8 Å². The Kier molecular flexibility index (Phi) is 5.53. The Morgan fingerprint density at radius 2 is 1.93 bits per heavy atom. The van der Waals surface area contributed by atoms with Gasteiger partial charge in [0.25, 0.3) is 0 Å². The molecule has 0 bridgehead atoms. The van der Waals surface area contributed by atoms with Crippen molar-refractivity contribution in [2.75, 3.05) is 0 Å². The van der Waals surface area contributed by atoms with Crippen molar-refractivity contribution in [1.82, 2.24) is 5.32 Å². The van der Waals surface area contributed by atoms with Crippen LogP contribution >= 0.6 is 0 Å². The first-order chi connectivity index (χ1) is 13.3. The van der Waals surface area contributed by atoms with Crippen LogP contribution in [-0.4, -0.2) is 23.0 Å². The average molecular weight is 385 g/mol. The maximum absolute atomic E-state index is 12.4. The monoisotopic (exact) mass is 385 g/mol. The molecular formula is C21H23NO6. The second-order valence-electron chi connectivity index (χ2n) is 7.03. The number of carboxylic acid groups (broad SMARTS) is 1. The fourth-order valence-corrected chi connectivity index (χ4v) is 3.31. The molecule has 1 amide bonds. The van der Waals surface area contributed by atoms with Gasteiger partial charge in [-0.2, -0.15) is 0 Å². The van der Waals surface area contributed by atoms with Gasteiger partial charge in [0.15, 0.2) is 0 Å². The molecular weight excluding hydrogens is 362 g/mol. The molecule has 7 heteroatoms. The molecule has 1 unspecified atom stereocenters. The van der Waals surface area contributed by atoms with Gasteiger partial charge in [0, 0.05) is 16.8 Å². The number of aliphatic carboxylic acids is 1. The minimum atomic E-state index is -1.08. The van der Waals surface area contributed by atoms with E-state index in [1.54, 1.807) is 19.3 Å². The normalized spacial score (nSPS) is 12.4. The molecule has 0 spiro atoms. The zero-order chi connectivity index (χ0) is 20.4. The van der Waals surface area contributed by atoms with Crippen LogP contribution in [0.4, 0.5) is 0 Å². The molecule has 3 rings (SSSR count). The number of amides is 1. The molecule has 2 aromatic heterocycles. The maximum atomic E-state index is 12.4. The Morgan fingerprint density at radius 3 is 2.61 bits per heavy atom. The van der Waals surface area contributed by atoms with Crippen LogP contribution in [0.5, 0.6) is 0 Å². The lowest BCUT2D eigenvalue weighted by Gasteiger charge is -2.14. The number of aryl methyl sites for hydroxylation is 2. The Morgan fingerprint density at radius 1 is 1.18 bits per heavy atom. The van der Waals surface area contributed by atoms with E-state index >= 15 is 0 Å². The van der Waals surface area contributed by atoms with E-state index in [-0.39, 0.29) is 12.0 Å². The van der Waals surface area contributed by atoms with Gasteiger partial charge in [-0.15, -0.1) is 0 Å². The lowest BCUT2D eigenvalue weighted by molar-refractivity contribution is -0.142. The Labute approximate surface area is 161 Å².